The summed E-state index contributed by atoms with van der Waals surface area (Å²) in [5, 5.41) is 0. The van der Waals surface area contributed by atoms with E-state index in [1.54, 1.807) is 6.08 Å². The summed E-state index contributed by atoms with van der Waals surface area (Å²) < 4.78 is 0. The van der Waals surface area contributed by atoms with E-state index in [1.807, 2.05) is 0 Å². The SMILES string of the molecule is CC(C)(C)C1=CC(=O)CC(C(C)(C)C)=N1. The number of hydrogen-bond acceptors (Lipinski definition) is 2. The van der Waals surface area contributed by atoms with Gasteiger partial charge in [-0.2, -0.15) is 0 Å². The van der Waals surface area contributed by atoms with Gasteiger partial charge in [0.15, 0.2) is 5.78 Å². The molecule has 1 aliphatic heterocycles. The van der Waals surface area contributed by atoms with Gasteiger partial charge in [0.25, 0.3) is 0 Å². The summed E-state index contributed by atoms with van der Waals surface area (Å²) in [6.07, 6.45) is 2.16. The van der Waals surface area contributed by atoms with E-state index in [9.17, 15) is 4.79 Å². The fourth-order valence-electron chi connectivity index (χ4n) is 1.40. The Balaban J connectivity index is 3.11. The lowest BCUT2D eigenvalue weighted by Crippen LogP contribution is -2.27. The summed E-state index contributed by atoms with van der Waals surface area (Å²) in [4.78, 5) is 16.3. The molecule has 0 amide bonds. The third-order valence-electron chi connectivity index (χ3n) is 2.53. The van der Waals surface area contributed by atoms with Gasteiger partial charge in [0.1, 0.15) is 0 Å². The second-order valence-corrected chi connectivity index (χ2v) is 6.23. The molecule has 1 aliphatic rings. The highest BCUT2D eigenvalue weighted by Gasteiger charge is 2.28. The summed E-state index contributed by atoms with van der Waals surface area (Å²) in [6.45, 7) is 12.6. The number of carbonyl (C=O) groups is 1. The van der Waals surface area contributed by atoms with Crippen LogP contribution in [0.1, 0.15) is 48.0 Å². The highest BCUT2D eigenvalue weighted by Crippen LogP contribution is 2.32. The molecule has 0 fully saturated rings. The molecule has 0 aromatic heterocycles. The van der Waals surface area contributed by atoms with Gasteiger partial charge in [-0.3, -0.25) is 9.79 Å². The number of allylic oxidation sites excluding steroid dienone is 2. The predicted molar refractivity (Wildman–Crippen MR) is 64.1 cm³/mol. The molecule has 2 heteroatoms. The first kappa shape index (κ1) is 12.2. The lowest BCUT2D eigenvalue weighted by molar-refractivity contribution is -0.113. The summed E-state index contributed by atoms with van der Waals surface area (Å²) in [5.74, 6) is 0.180. The molecule has 0 aromatic rings. The Morgan fingerprint density at radius 1 is 1.07 bits per heavy atom. The van der Waals surface area contributed by atoms with Crippen LogP contribution in [0.5, 0.6) is 0 Å². The molecule has 0 N–H and O–H groups in total. The monoisotopic (exact) mass is 207 g/mol. The van der Waals surface area contributed by atoms with Crippen LogP contribution < -0.4 is 0 Å². The topological polar surface area (TPSA) is 29.4 Å². The zero-order valence-electron chi connectivity index (χ0n) is 10.6. The molecule has 15 heavy (non-hydrogen) atoms. The Morgan fingerprint density at radius 3 is 2.00 bits per heavy atom. The van der Waals surface area contributed by atoms with Crippen LogP contribution in [0.25, 0.3) is 0 Å². The van der Waals surface area contributed by atoms with Gasteiger partial charge in [0, 0.05) is 34.7 Å². The molecule has 0 atom stereocenters. The summed E-state index contributed by atoms with van der Waals surface area (Å²) in [7, 11) is 0. The maximum Gasteiger partial charge on any atom is 0.163 e. The number of rotatable bonds is 0. The second-order valence-electron chi connectivity index (χ2n) is 6.23. The van der Waals surface area contributed by atoms with Crippen molar-refractivity contribution in [3.63, 3.8) is 0 Å². The Bertz CT molecular complexity index is 335. The third kappa shape index (κ3) is 3.01. The molecule has 1 rings (SSSR count). The Hall–Kier alpha value is -0.920. The zero-order chi connectivity index (χ0) is 11.9. The number of nitrogens with zero attached hydrogens (tertiary/aromatic N) is 1. The maximum atomic E-state index is 11.6. The molecular formula is C13H21NO. The Labute approximate surface area is 92.5 Å². The minimum absolute atomic E-state index is 0.0135. The van der Waals surface area contributed by atoms with Crippen molar-refractivity contribution in [3.05, 3.63) is 11.8 Å². The van der Waals surface area contributed by atoms with Gasteiger partial charge >= 0.3 is 0 Å². The van der Waals surface area contributed by atoms with Crippen molar-refractivity contribution >= 4 is 11.5 Å². The normalized spacial score (nSPS) is 18.7. The first-order valence-corrected chi connectivity index (χ1v) is 5.44. The zero-order valence-corrected chi connectivity index (χ0v) is 10.6. The average molecular weight is 207 g/mol. The van der Waals surface area contributed by atoms with Gasteiger partial charge in [-0.25, -0.2) is 0 Å². The van der Waals surface area contributed by atoms with Gasteiger partial charge in [-0.05, 0) is 0 Å². The standard InChI is InChI=1S/C13H21NO/c1-12(2,3)10-7-9(15)8-11(14-10)13(4,5)6/h7H,8H2,1-6H3. The molecule has 2 nitrogen and oxygen atoms in total. The van der Waals surface area contributed by atoms with Crippen LogP contribution in [0, 0.1) is 10.8 Å². The number of aliphatic imine (C=N–C) groups is 1. The van der Waals surface area contributed by atoms with Gasteiger partial charge in [-0.1, -0.05) is 41.5 Å². The van der Waals surface area contributed by atoms with Crippen LogP contribution in [-0.4, -0.2) is 11.5 Å². The Kier molecular flexibility index (Phi) is 2.90. The van der Waals surface area contributed by atoms with E-state index in [2.05, 4.69) is 46.5 Å². The van der Waals surface area contributed by atoms with Crippen molar-refractivity contribution in [1.29, 1.82) is 0 Å². The van der Waals surface area contributed by atoms with E-state index in [-0.39, 0.29) is 16.6 Å². The number of hydrogen-bond donors (Lipinski definition) is 0. The van der Waals surface area contributed by atoms with E-state index >= 15 is 0 Å². The van der Waals surface area contributed by atoms with Crippen molar-refractivity contribution in [3.8, 4) is 0 Å². The smallest absolute Gasteiger partial charge is 0.163 e. The van der Waals surface area contributed by atoms with E-state index in [4.69, 9.17) is 0 Å². The summed E-state index contributed by atoms with van der Waals surface area (Å²) >= 11 is 0. The molecule has 0 spiro atoms. The van der Waals surface area contributed by atoms with Gasteiger partial charge in [0.2, 0.25) is 0 Å². The van der Waals surface area contributed by atoms with Crippen LogP contribution in [0.4, 0.5) is 0 Å². The predicted octanol–water partition coefficient (Wildman–Crippen LogP) is 3.38. The molecule has 0 radical (unpaired) electrons. The van der Waals surface area contributed by atoms with Crippen LogP contribution in [-0.2, 0) is 4.79 Å². The molecule has 0 aliphatic carbocycles. The minimum atomic E-state index is -0.0490. The van der Waals surface area contributed by atoms with E-state index in [1.165, 1.54) is 0 Å². The maximum absolute atomic E-state index is 11.6. The van der Waals surface area contributed by atoms with Crippen molar-refractivity contribution in [2.75, 3.05) is 0 Å². The van der Waals surface area contributed by atoms with Crippen molar-refractivity contribution in [2.24, 2.45) is 15.8 Å². The van der Waals surface area contributed by atoms with Crippen molar-refractivity contribution in [1.82, 2.24) is 0 Å². The van der Waals surface area contributed by atoms with Crippen LogP contribution in [0.15, 0.2) is 16.8 Å². The highest BCUT2D eigenvalue weighted by atomic mass is 16.1. The second kappa shape index (κ2) is 3.58. The average Bonchev–Trinajstić information content (AvgIpc) is 1.99. The third-order valence-corrected chi connectivity index (χ3v) is 2.53. The lowest BCUT2D eigenvalue weighted by atomic mass is 9.83. The van der Waals surface area contributed by atoms with Crippen LogP contribution in [0.2, 0.25) is 0 Å². The van der Waals surface area contributed by atoms with E-state index in [0.717, 1.165) is 11.4 Å². The summed E-state index contributed by atoms with van der Waals surface area (Å²) in [6, 6.07) is 0. The first-order valence-electron chi connectivity index (χ1n) is 5.44. The van der Waals surface area contributed by atoms with Crippen molar-refractivity contribution < 1.29 is 4.79 Å². The molecule has 0 aromatic carbocycles. The molecule has 84 valence electrons. The molecule has 0 bridgehead atoms. The molecule has 1 heterocycles. The van der Waals surface area contributed by atoms with Crippen LogP contribution in [0.3, 0.4) is 0 Å². The molecule has 0 saturated heterocycles. The van der Waals surface area contributed by atoms with Gasteiger partial charge in [0.05, 0.1) is 0 Å². The molecule has 0 saturated carbocycles. The fraction of sp³-hybridized carbons (Fsp3) is 0.692. The highest BCUT2D eigenvalue weighted by molar-refractivity contribution is 6.11. The Morgan fingerprint density at radius 2 is 1.60 bits per heavy atom. The van der Waals surface area contributed by atoms with E-state index in [0.29, 0.717) is 6.42 Å². The van der Waals surface area contributed by atoms with Crippen molar-refractivity contribution in [2.45, 2.75) is 48.0 Å². The van der Waals surface area contributed by atoms with Gasteiger partial charge < -0.3 is 0 Å². The molecule has 0 unspecified atom stereocenters. The fourth-order valence-corrected chi connectivity index (χ4v) is 1.40. The largest absolute Gasteiger partial charge is 0.294 e. The lowest BCUT2D eigenvalue weighted by Gasteiger charge is -2.28. The number of ketones is 1. The quantitative estimate of drug-likeness (QED) is 0.598. The molecular weight excluding hydrogens is 186 g/mol. The first-order chi connectivity index (χ1) is 6.60. The number of carbonyl (C=O) groups excluding carboxylic acids is 1. The van der Waals surface area contributed by atoms with Gasteiger partial charge in [-0.15, -0.1) is 0 Å². The van der Waals surface area contributed by atoms with E-state index < -0.39 is 0 Å². The summed E-state index contributed by atoms with van der Waals surface area (Å²) in [5.41, 5.74) is 1.84. The van der Waals surface area contributed by atoms with Crippen LogP contribution >= 0.6 is 0 Å². The minimum Gasteiger partial charge on any atom is -0.294 e.